The Labute approximate surface area is 180 Å². The molecule has 1 heterocycles. The predicted octanol–water partition coefficient (Wildman–Crippen LogP) is 4.31. The topological polar surface area (TPSA) is 115 Å². The van der Waals surface area contributed by atoms with E-state index in [4.69, 9.17) is 4.74 Å². The van der Waals surface area contributed by atoms with Gasteiger partial charge in [0.25, 0.3) is 5.69 Å². The lowest BCUT2D eigenvalue weighted by atomic mass is 10.1. The highest BCUT2D eigenvalue weighted by Gasteiger charge is 2.19. The maximum absolute atomic E-state index is 12.3. The van der Waals surface area contributed by atoms with Crippen molar-refractivity contribution in [3.05, 3.63) is 68.0 Å². The molecular formula is C23H25N3O5. The van der Waals surface area contributed by atoms with Gasteiger partial charge < -0.3 is 9.30 Å². The van der Waals surface area contributed by atoms with Crippen molar-refractivity contribution in [2.24, 2.45) is 5.92 Å². The average molecular weight is 423 g/mol. The molecule has 0 bridgehead atoms. The van der Waals surface area contributed by atoms with Gasteiger partial charge in [0, 0.05) is 35.1 Å². The van der Waals surface area contributed by atoms with Gasteiger partial charge in [0.2, 0.25) is 5.78 Å². The third-order valence-electron chi connectivity index (χ3n) is 4.86. The summed E-state index contributed by atoms with van der Waals surface area (Å²) in [6.45, 7) is 9.83. The van der Waals surface area contributed by atoms with E-state index in [0.29, 0.717) is 11.5 Å². The first kappa shape index (κ1) is 23.5. The van der Waals surface area contributed by atoms with Crippen molar-refractivity contribution in [2.75, 3.05) is 6.61 Å². The first-order valence-corrected chi connectivity index (χ1v) is 9.79. The Morgan fingerprint density at radius 3 is 2.52 bits per heavy atom. The second kappa shape index (κ2) is 9.85. The maximum Gasteiger partial charge on any atom is 0.349 e. The number of esters is 1. The van der Waals surface area contributed by atoms with Crippen LogP contribution in [0.15, 0.2) is 29.8 Å². The monoisotopic (exact) mass is 423 g/mol. The van der Waals surface area contributed by atoms with Crippen molar-refractivity contribution in [3.8, 4) is 6.07 Å². The predicted molar refractivity (Wildman–Crippen MR) is 115 cm³/mol. The van der Waals surface area contributed by atoms with Gasteiger partial charge in [-0.05, 0) is 44.4 Å². The van der Waals surface area contributed by atoms with Gasteiger partial charge in [0.1, 0.15) is 11.6 Å². The SMILES string of the molecule is Cc1ccc(C(=O)COC(=O)/C(C#N)=C/c2cc(C)n(CC(C)C)c2C)cc1[N+](=O)[O-]. The first-order chi connectivity index (χ1) is 14.5. The van der Waals surface area contributed by atoms with E-state index < -0.39 is 23.3 Å². The van der Waals surface area contributed by atoms with Crippen LogP contribution in [0.3, 0.4) is 0 Å². The molecule has 0 fully saturated rings. The molecule has 0 aliphatic heterocycles. The van der Waals surface area contributed by atoms with Crippen LogP contribution >= 0.6 is 0 Å². The van der Waals surface area contributed by atoms with Crippen LogP contribution in [0.5, 0.6) is 0 Å². The second-order valence-electron chi connectivity index (χ2n) is 7.76. The van der Waals surface area contributed by atoms with Gasteiger partial charge in [-0.1, -0.05) is 26.0 Å². The molecule has 0 N–H and O–H groups in total. The van der Waals surface area contributed by atoms with E-state index in [2.05, 4.69) is 18.4 Å². The van der Waals surface area contributed by atoms with Crippen molar-refractivity contribution in [2.45, 2.75) is 41.2 Å². The number of hydrogen-bond donors (Lipinski definition) is 0. The van der Waals surface area contributed by atoms with Crippen molar-refractivity contribution >= 4 is 23.5 Å². The van der Waals surface area contributed by atoms with Crippen molar-refractivity contribution < 1.29 is 19.2 Å². The molecule has 1 aromatic carbocycles. The number of ketones is 1. The number of nitrogens with zero attached hydrogens (tertiary/aromatic N) is 3. The summed E-state index contributed by atoms with van der Waals surface area (Å²) >= 11 is 0. The third-order valence-corrected chi connectivity index (χ3v) is 4.86. The molecule has 0 saturated heterocycles. The normalized spacial score (nSPS) is 11.3. The zero-order valence-electron chi connectivity index (χ0n) is 18.3. The number of nitro benzene ring substituents is 1. The number of rotatable bonds is 8. The summed E-state index contributed by atoms with van der Waals surface area (Å²) in [5.41, 5.74) is 2.73. The van der Waals surface area contributed by atoms with Crippen LogP contribution in [0.2, 0.25) is 0 Å². The average Bonchev–Trinajstić information content (AvgIpc) is 2.96. The smallest absolute Gasteiger partial charge is 0.349 e. The summed E-state index contributed by atoms with van der Waals surface area (Å²) in [5, 5.41) is 20.4. The molecule has 0 spiro atoms. The Kier molecular flexibility index (Phi) is 7.48. The van der Waals surface area contributed by atoms with Crippen LogP contribution in [0.25, 0.3) is 6.08 Å². The molecule has 2 rings (SSSR count). The number of carbonyl (C=O) groups is 2. The molecule has 8 heteroatoms. The number of nitro groups is 1. The molecule has 0 aliphatic rings. The van der Waals surface area contributed by atoms with Crippen molar-refractivity contribution in [1.29, 1.82) is 5.26 Å². The number of carbonyl (C=O) groups excluding carboxylic acids is 2. The molecule has 0 amide bonds. The molecule has 162 valence electrons. The van der Waals surface area contributed by atoms with E-state index in [0.717, 1.165) is 29.6 Å². The summed E-state index contributed by atoms with van der Waals surface area (Å²) in [6, 6.07) is 7.75. The van der Waals surface area contributed by atoms with Crippen molar-refractivity contribution in [1.82, 2.24) is 4.57 Å². The van der Waals surface area contributed by atoms with Gasteiger partial charge in [-0.25, -0.2) is 4.79 Å². The lowest BCUT2D eigenvalue weighted by molar-refractivity contribution is -0.385. The lowest BCUT2D eigenvalue weighted by Gasteiger charge is -2.12. The minimum absolute atomic E-state index is 0.0600. The zero-order chi connectivity index (χ0) is 23.3. The van der Waals surface area contributed by atoms with E-state index in [-0.39, 0.29) is 16.8 Å². The Morgan fingerprint density at radius 1 is 1.26 bits per heavy atom. The standard InChI is InChI=1S/C23H25N3O5/c1-14(2)12-25-16(4)8-19(17(25)5)9-20(11-24)23(28)31-13-22(27)18-7-6-15(3)21(10-18)26(29)30/h6-10,14H,12-13H2,1-5H3/b20-9+. The molecule has 8 nitrogen and oxygen atoms in total. The van der Waals surface area contributed by atoms with Gasteiger partial charge in [0.05, 0.1) is 4.92 Å². The van der Waals surface area contributed by atoms with Crippen LogP contribution in [0, 0.1) is 48.1 Å². The zero-order valence-corrected chi connectivity index (χ0v) is 18.3. The number of ether oxygens (including phenoxy) is 1. The number of aromatic nitrogens is 1. The minimum Gasteiger partial charge on any atom is -0.453 e. The highest BCUT2D eigenvalue weighted by atomic mass is 16.6. The van der Waals surface area contributed by atoms with Crippen LogP contribution in [-0.2, 0) is 16.1 Å². The number of nitriles is 1. The Morgan fingerprint density at radius 2 is 1.94 bits per heavy atom. The number of aryl methyl sites for hydroxylation is 2. The summed E-state index contributed by atoms with van der Waals surface area (Å²) in [7, 11) is 0. The van der Waals surface area contributed by atoms with Crippen molar-refractivity contribution in [3.63, 3.8) is 0 Å². The van der Waals surface area contributed by atoms with Gasteiger partial charge >= 0.3 is 5.97 Å². The molecule has 0 saturated carbocycles. The number of Topliss-reactive ketones (excluding diaryl/α,β-unsaturated/α-hetero) is 1. The van der Waals surface area contributed by atoms with Crippen LogP contribution in [0.1, 0.15) is 46.7 Å². The minimum atomic E-state index is -0.925. The molecule has 31 heavy (non-hydrogen) atoms. The van der Waals surface area contributed by atoms with E-state index in [1.807, 2.05) is 26.0 Å². The van der Waals surface area contributed by atoms with E-state index in [1.165, 1.54) is 18.2 Å². The Bertz CT molecular complexity index is 1100. The molecule has 0 aliphatic carbocycles. The molecule has 0 unspecified atom stereocenters. The molecule has 2 aromatic rings. The number of benzene rings is 1. The summed E-state index contributed by atoms with van der Waals surface area (Å²) < 4.78 is 7.12. The molecule has 0 radical (unpaired) electrons. The van der Waals surface area contributed by atoms with E-state index >= 15 is 0 Å². The largest absolute Gasteiger partial charge is 0.453 e. The van der Waals surface area contributed by atoms with Gasteiger partial charge in [-0.15, -0.1) is 0 Å². The molecule has 1 aromatic heterocycles. The van der Waals surface area contributed by atoms with Gasteiger partial charge in [-0.3, -0.25) is 14.9 Å². The fourth-order valence-electron chi connectivity index (χ4n) is 3.18. The third kappa shape index (κ3) is 5.66. The Balaban J connectivity index is 2.16. The highest BCUT2D eigenvalue weighted by molar-refractivity contribution is 6.02. The van der Waals surface area contributed by atoms with Crippen LogP contribution in [0.4, 0.5) is 5.69 Å². The molecule has 0 atom stereocenters. The lowest BCUT2D eigenvalue weighted by Crippen LogP contribution is -2.15. The summed E-state index contributed by atoms with van der Waals surface area (Å²) in [4.78, 5) is 35.1. The van der Waals surface area contributed by atoms with E-state index in [9.17, 15) is 25.0 Å². The molecular weight excluding hydrogens is 398 g/mol. The van der Waals surface area contributed by atoms with E-state index in [1.54, 1.807) is 6.92 Å². The van der Waals surface area contributed by atoms with Gasteiger partial charge in [0.15, 0.2) is 6.61 Å². The fraction of sp³-hybridized carbons (Fsp3) is 0.348. The maximum atomic E-state index is 12.3. The summed E-state index contributed by atoms with van der Waals surface area (Å²) in [5.74, 6) is -1.08. The van der Waals surface area contributed by atoms with Crippen LogP contribution < -0.4 is 0 Å². The fourth-order valence-corrected chi connectivity index (χ4v) is 3.18. The number of hydrogen-bond acceptors (Lipinski definition) is 6. The van der Waals surface area contributed by atoms with Crippen LogP contribution in [-0.4, -0.2) is 27.8 Å². The summed E-state index contributed by atoms with van der Waals surface area (Å²) in [6.07, 6.45) is 1.45. The Hall–Kier alpha value is -3.73. The van der Waals surface area contributed by atoms with Gasteiger partial charge in [-0.2, -0.15) is 5.26 Å². The highest BCUT2D eigenvalue weighted by Crippen LogP contribution is 2.21. The first-order valence-electron chi connectivity index (χ1n) is 9.79. The quantitative estimate of drug-likeness (QED) is 0.156. The second-order valence-corrected chi connectivity index (χ2v) is 7.76.